The third kappa shape index (κ3) is 4.24. The molecule has 1 heterocycles. The van der Waals surface area contributed by atoms with Crippen LogP contribution in [0.5, 0.6) is 0 Å². The zero-order chi connectivity index (χ0) is 13.9. The minimum atomic E-state index is -2.97. The minimum Gasteiger partial charge on any atom is -0.343 e. The highest BCUT2D eigenvalue weighted by atomic mass is 32.2. The average molecular weight is 276 g/mol. The molecule has 2 unspecified atom stereocenters. The van der Waals surface area contributed by atoms with Crippen LogP contribution in [0.25, 0.3) is 0 Å². The van der Waals surface area contributed by atoms with Crippen LogP contribution in [-0.4, -0.2) is 56.4 Å². The maximum absolute atomic E-state index is 12.1. The molecule has 0 radical (unpaired) electrons. The van der Waals surface area contributed by atoms with Crippen molar-refractivity contribution in [3.8, 4) is 0 Å². The van der Waals surface area contributed by atoms with Crippen molar-refractivity contribution >= 4 is 15.7 Å². The summed E-state index contributed by atoms with van der Waals surface area (Å²) in [4.78, 5) is 13.8. The third-order valence-corrected chi connectivity index (χ3v) is 5.43. The van der Waals surface area contributed by atoms with Gasteiger partial charge in [0, 0.05) is 32.1 Å². The molecule has 0 aromatic carbocycles. The quantitative estimate of drug-likeness (QED) is 0.800. The third-order valence-electron chi connectivity index (χ3n) is 3.69. The lowest BCUT2D eigenvalue weighted by Crippen LogP contribution is -2.48. The van der Waals surface area contributed by atoms with Gasteiger partial charge in [-0.1, -0.05) is 13.8 Å². The maximum atomic E-state index is 12.1. The van der Waals surface area contributed by atoms with Crippen molar-refractivity contribution in [3.05, 3.63) is 0 Å². The second-order valence-corrected chi connectivity index (χ2v) is 7.69. The fraction of sp³-hybridized carbons (Fsp3) is 0.917. The van der Waals surface area contributed by atoms with E-state index in [0.29, 0.717) is 12.5 Å². The van der Waals surface area contributed by atoms with Crippen molar-refractivity contribution in [3.63, 3.8) is 0 Å². The summed E-state index contributed by atoms with van der Waals surface area (Å²) in [6.07, 6.45) is 0.257. The van der Waals surface area contributed by atoms with Crippen LogP contribution in [0.3, 0.4) is 0 Å². The highest BCUT2D eigenvalue weighted by molar-refractivity contribution is 7.91. The van der Waals surface area contributed by atoms with Crippen molar-refractivity contribution in [2.45, 2.75) is 39.3 Å². The van der Waals surface area contributed by atoms with Crippen LogP contribution in [0.2, 0.25) is 0 Å². The largest absolute Gasteiger partial charge is 0.343 e. The first-order chi connectivity index (χ1) is 8.23. The Bertz CT molecular complexity index is 392. The van der Waals surface area contributed by atoms with E-state index in [2.05, 4.69) is 19.2 Å². The van der Waals surface area contributed by atoms with Gasteiger partial charge in [0.25, 0.3) is 0 Å². The number of nitrogens with one attached hydrogen (secondary N) is 1. The van der Waals surface area contributed by atoms with Gasteiger partial charge in [-0.2, -0.15) is 0 Å². The van der Waals surface area contributed by atoms with Gasteiger partial charge < -0.3 is 10.2 Å². The molecule has 1 aliphatic rings. The molecule has 106 valence electrons. The van der Waals surface area contributed by atoms with Gasteiger partial charge in [-0.05, 0) is 12.8 Å². The summed E-state index contributed by atoms with van der Waals surface area (Å²) in [6, 6.07) is -0.0734. The molecule has 0 bridgehead atoms. The summed E-state index contributed by atoms with van der Waals surface area (Å²) in [5.41, 5.74) is 0. The molecule has 1 saturated heterocycles. The predicted octanol–water partition coefficient (Wildman–Crippen LogP) is 0.266. The van der Waals surface area contributed by atoms with Crippen LogP contribution in [0.1, 0.15) is 27.2 Å². The van der Waals surface area contributed by atoms with Crippen molar-refractivity contribution in [2.75, 3.05) is 25.1 Å². The number of carbonyl (C=O) groups excluding carboxylic acids is 1. The highest BCUT2D eigenvalue weighted by Crippen LogP contribution is 2.12. The molecule has 6 heteroatoms. The number of rotatable bonds is 4. The number of amides is 1. The summed E-state index contributed by atoms with van der Waals surface area (Å²) >= 11 is 0. The molecule has 2 atom stereocenters. The van der Waals surface area contributed by atoms with E-state index in [0.717, 1.165) is 0 Å². The Morgan fingerprint density at radius 2 is 2.00 bits per heavy atom. The molecule has 1 aliphatic heterocycles. The molecule has 1 rings (SSSR count). The van der Waals surface area contributed by atoms with Crippen LogP contribution in [-0.2, 0) is 14.6 Å². The molecule has 18 heavy (non-hydrogen) atoms. The average Bonchev–Trinajstić information content (AvgIpc) is 2.25. The van der Waals surface area contributed by atoms with E-state index >= 15 is 0 Å². The Morgan fingerprint density at radius 3 is 2.50 bits per heavy atom. The van der Waals surface area contributed by atoms with E-state index in [4.69, 9.17) is 0 Å². The van der Waals surface area contributed by atoms with Gasteiger partial charge in [-0.25, -0.2) is 8.42 Å². The van der Waals surface area contributed by atoms with Crippen LogP contribution in [0, 0.1) is 5.92 Å². The lowest BCUT2D eigenvalue weighted by Gasteiger charge is -2.30. The van der Waals surface area contributed by atoms with Gasteiger partial charge in [0.1, 0.15) is 0 Å². The van der Waals surface area contributed by atoms with E-state index in [9.17, 15) is 13.2 Å². The molecule has 0 saturated carbocycles. The molecule has 5 nitrogen and oxygen atoms in total. The minimum absolute atomic E-state index is 0.00537. The van der Waals surface area contributed by atoms with Gasteiger partial charge in [0.15, 0.2) is 9.84 Å². The van der Waals surface area contributed by atoms with Crippen LogP contribution in [0.15, 0.2) is 0 Å². The smallest absolute Gasteiger partial charge is 0.224 e. The topological polar surface area (TPSA) is 66.5 Å². The van der Waals surface area contributed by atoms with E-state index in [-0.39, 0.29) is 35.9 Å². The van der Waals surface area contributed by atoms with E-state index < -0.39 is 9.84 Å². The monoisotopic (exact) mass is 276 g/mol. The van der Waals surface area contributed by atoms with Crippen molar-refractivity contribution in [1.29, 1.82) is 0 Å². The van der Waals surface area contributed by atoms with Gasteiger partial charge in [0.05, 0.1) is 11.5 Å². The summed E-state index contributed by atoms with van der Waals surface area (Å²) in [6.45, 7) is 6.59. The Kier molecular flexibility index (Phi) is 5.16. The standard InChI is InChI=1S/C12H24N2O3S/c1-9(2)10(3)14(4)12(15)7-11-8-18(16,17)6-5-13-11/h9-11,13H,5-8H2,1-4H3. The fourth-order valence-electron chi connectivity index (χ4n) is 2.03. The first-order valence-electron chi connectivity index (χ1n) is 6.42. The predicted molar refractivity (Wildman–Crippen MR) is 72.1 cm³/mol. The van der Waals surface area contributed by atoms with Crippen LogP contribution >= 0.6 is 0 Å². The molecule has 0 aliphatic carbocycles. The molecule has 0 aromatic heterocycles. The number of nitrogens with zero attached hydrogens (tertiary/aromatic N) is 1. The van der Waals surface area contributed by atoms with Gasteiger partial charge in [-0.15, -0.1) is 0 Å². The van der Waals surface area contributed by atoms with E-state index in [1.807, 2.05) is 6.92 Å². The molecule has 0 spiro atoms. The zero-order valence-electron chi connectivity index (χ0n) is 11.6. The second-order valence-electron chi connectivity index (χ2n) is 5.46. The lowest BCUT2D eigenvalue weighted by atomic mass is 10.0. The molecular weight excluding hydrogens is 252 g/mol. The molecule has 1 amide bonds. The Morgan fingerprint density at radius 1 is 1.39 bits per heavy atom. The van der Waals surface area contributed by atoms with Crippen LogP contribution in [0.4, 0.5) is 0 Å². The molecule has 1 fully saturated rings. The Balaban J connectivity index is 2.54. The van der Waals surface area contributed by atoms with Gasteiger partial charge in [0.2, 0.25) is 5.91 Å². The maximum Gasteiger partial charge on any atom is 0.224 e. The number of hydrogen-bond acceptors (Lipinski definition) is 4. The summed E-state index contributed by atoms with van der Waals surface area (Å²) in [5, 5.41) is 3.10. The van der Waals surface area contributed by atoms with Crippen molar-refractivity contribution in [1.82, 2.24) is 10.2 Å². The highest BCUT2D eigenvalue weighted by Gasteiger charge is 2.28. The Hall–Kier alpha value is -0.620. The summed E-state index contributed by atoms with van der Waals surface area (Å²) < 4.78 is 23.0. The van der Waals surface area contributed by atoms with Crippen LogP contribution < -0.4 is 5.32 Å². The van der Waals surface area contributed by atoms with Crippen molar-refractivity contribution in [2.24, 2.45) is 5.92 Å². The molecule has 0 aromatic rings. The van der Waals surface area contributed by atoms with E-state index in [1.54, 1.807) is 11.9 Å². The fourth-order valence-corrected chi connectivity index (χ4v) is 3.47. The Labute approximate surface area is 110 Å². The number of sulfone groups is 1. The summed E-state index contributed by atoms with van der Waals surface area (Å²) in [5.74, 6) is 0.645. The first kappa shape index (κ1) is 15.4. The van der Waals surface area contributed by atoms with E-state index in [1.165, 1.54) is 0 Å². The first-order valence-corrected chi connectivity index (χ1v) is 8.24. The second kappa shape index (κ2) is 6.02. The number of carbonyl (C=O) groups is 1. The number of hydrogen-bond donors (Lipinski definition) is 1. The lowest BCUT2D eigenvalue weighted by molar-refractivity contribution is -0.132. The summed E-state index contributed by atoms with van der Waals surface area (Å²) in [7, 11) is -1.19. The van der Waals surface area contributed by atoms with Gasteiger partial charge >= 0.3 is 0 Å². The zero-order valence-corrected chi connectivity index (χ0v) is 12.5. The normalized spacial score (nSPS) is 24.8. The molecule has 1 N–H and O–H groups in total. The van der Waals surface area contributed by atoms with Gasteiger partial charge in [-0.3, -0.25) is 4.79 Å². The van der Waals surface area contributed by atoms with Crippen molar-refractivity contribution < 1.29 is 13.2 Å². The SMILES string of the molecule is CC(C)C(C)N(C)C(=O)CC1CS(=O)(=O)CCN1. The molecular formula is C12H24N2O3S.